The highest BCUT2D eigenvalue weighted by atomic mass is 19.4. The van der Waals surface area contributed by atoms with Crippen molar-refractivity contribution in [1.29, 1.82) is 0 Å². The van der Waals surface area contributed by atoms with Crippen molar-refractivity contribution in [3.63, 3.8) is 0 Å². The molecule has 0 unspecified atom stereocenters. The number of esters is 1. The fraction of sp³-hybridized carbons (Fsp3) is 0.471. The summed E-state index contributed by atoms with van der Waals surface area (Å²) in [5.41, 5.74) is -2.67. The minimum Gasteiger partial charge on any atom is -0.466 e. The van der Waals surface area contributed by atoms with E-state index in [2.05, 4.69) is 4.74 Å². The second-order valence-electron chi connectivity index (χ2n) is 5.88. The zero-order chi connectivity index (χ0) is 19.7. The van der Waals surface area contributed by atoms with Gasteiger partial charge < -0.3 is 9.47 Å². The fourth-order valence-corrected chi connectivity index (χ4v) is 2.65. The number of alkyl halides is 6. The summed E-state index contributed by atoms with van der Waals surface area (Å²) in [4.78, 5) is 11.4. The largest absolute Gasteiger partial charge is 0.466 e. The van der Waals surface area contributed by atoms with Crippen molar-refractivity contribution in [2.24, 2.45) is 0 Å². The van der Waals surface area contributed by atoms with Crippen LogP contribution < -0.4 is 0 Å². The molecule has 2 atom stereocenters. The van der Waals surface area contributed by atoms with Gasteiger partial charge in [0.15, 0.2) is 0 Å². The predicted molar refractivity (Wildman–Crippen MR) is 79.1 cm³/mol. The van der Waals surface area contributed by atoms with E-state index in [1.807, 2.05) is 0 Å². The molecule has 9 heteroatoms. The molecular weight excluding hydrogens is 366 g/mol. The van der Waals surface area contributed by atoms with Crippen LogP contribution >= 0.6 is 0 Å². The molecule has 0 heterocycles. The van der Waals surface area contributed by atoms with E-state index in [4.69, 9.17) is 4.74 Å². The Morgan fingerprint density at radius 3 is 2.08 bits per heavy atom. The Balaban J connectivity index is 2.27. The van der Waals surface area contributed by atoms with Crippen LogP contribution in [0, 0.1) is 0 Å². The highest BCUT2D eigenvalue weighted by Gasteiger charge is 2.37. The van der Waals surface area contributed by atoms with Gasteiger partial charge in [0, 0.05) is 5.57 Å². The molecule has 0 radical (unpaired) electrons. The molecule has 0 fully saturated rings. The number of ether oxygens (including phenoxy) is 2. The molecule has 1 aromatic carbocycles. The smallest absolute Gasteiger partial charge is 0.416 e. The molecule has 0 amide bonds. The molecule has 0 aliphatic heterocycles. The Hall–Kier alpha value is -2.03. The second kappa shape index (κ2) is 7.30. The number of benzene rings is 1. The molecule has 0 spiro atoms. The zero-order valence-electron chi connectivity index (χ0n) is 13.9. The van der Waals surface area contributed by atoms with Crippen LogP contribution in [0.2, 0.25) is 0 Å². The van der Waals surface area contributed by atoms with Crippen LogP contribution in [-0.4, -0.2) is 19.2 Å². The number of hydrogen-bond acceptors (Lipinski definition) is 3. The van der Waals surface area contributed by atoms with E-state index in [0.717, 1.165) is 0 Å². The zero-order valence-corrected chi connectivity index (χ0v) is 13.9. The van der Waals surface area contributed by atoms with E-state index in [0.29, 0.717) is 30.5 Å². The van der Waals surface area contributed by atoms with Gasteiger partial charge in [-0.05, 0) is 49.6 Å². The molecule has 1 aliphatic carbocycles. The summed E-state index contributed by atoms with van der Waals surface area (Å²) in [7, 11) is 1.21. The topological polar surface area (TPSA) is 35.5 Å². The van der Waals surface area contributed by atoms with Crippen LogP contribution in [0.15, 0.2) is 29.8 Å². The highest BCUT2D eigenvalue weighted by molar-refractivity contribution is 5.88. The van der Waals surface area contributed by atoms with Crippen LogP contribution in [0.25, 0.3) is 0 Å². The van der Waals surface area contributed by atoms with Gasteiger partial charge in [-0.15, -0.1) is 0 Å². The lowest BCUT2D eigenvalue weighted by Crippen LogP contribution is -2.15. The second-order valence-corrected chi connectivity index (χ2v) is 5.88. The summed E-state index contributed by atoms with van der Waals surface area (Å²) in [6.07, 6.45) is -9.23. The van der Waals surface area contributed by atoms with Gasteiger partial charge in [0.1, 0.15) is 0 Å². The number of hydrogen-bond donors (Lipinski definition) is 0. The molecule has 1 aliphatic rings. The van der Waals surface area contributed by atoms with Gasteiger partial charge in [-0.1, -0.05) is 0 Å². The maximum atomic E-state index is 12.9. The van der Waals surface area contributed by atoms with Gasteiger partial charge in [-0.2, -0.15) is 26.3 Å². The van der Waals surface area contributed by atoms with Gasteiger partial charge in [0.2, 0.25) is 0 Å². The lowest BCUT2D eigenvalue weighted by molar-refractivity contribution is -0.143. The van der Waals surface area contributed by atoms with Gasteiger partial charge in [-0.3, -0.25) is 0 Å². The number of methoxy groups -OCH3 is 1. The van der Waals surface area contributed by atoms with E-state index in [9.17, 15) is 31.1 Å². The maximum Gasteiger partial charge on any atom is 0.416 e. The van der Waals surface area contributed by atoms with Gasteiger partial charge in [0.05, 0.1) is 30.4 Å². The quantitative estimate of drug-likeness (QED) is 0.539. The first-order valence-electron chi connectivity index (χ1n) is 7.65. The average Bonchev–Trinajstić information content (AvgIpc) is 3.00. The number of carbonyl (C=O) groups excluding carboxylic acids is 1. The first-order valence-corrected chi connectivity index (χ1v) is 7.65. The fourth-order valence-electron chi connectivity index (χ4n) is 2.65. The van der Waals surface area contributed by atoms with Crippen molar-refractivity contribution >= 4 is 5.97 Å². The van der Waals surface area contributed by atoms with Crippen molar-refractivity contribution in [2.75, 3.05) is 7.11 Å². The Kier molecular flexibility index (Phi) is 5.70. The maximum absolute atomic E-state index is 12.9. The molecule has 3 nitrogen and oxygen atoms in total. The lowest BCUT2D eigenvalue weighted by Gasteiger charge is -2.20. The third-order valence-corrected chi connectivity index (χ3v) is 3.99. The van der Waals surface area contributed by atoms with Gasteiger partial charge in [0.25, 0.3) is 0 Å². The van der Waals surface area contributed by atoms with Crippen molar-refractivity contribution in [3.05, 3.63) is 46.5 Å². The first kappa shape index (κ1) is 20.3. The first-order chi connectivity index (χ1) is 11.9. The van der Waals surface area contributed by atoms with Crippen LogP contribution in [0.5, 0.6) is 0 Å². The minimum absolute atomic E-state index is 0.0705. The lowest BCUT2D eigenvalue weighted by atomic mass is 10.0. The number of rotatable bonds is 4. The highest BCUT2D eigenvalue weighted by Crippen LogP contribution is 2.38. The summed E-state index contributed by atoms with van der Waals surface area (Å²) in [6, 6.07) is 1.35. The van der Waals surface area contributed by atoms with Crippen LogP contribution in [-0.2, 0) is 26.6 Å². The molecular formula is C17H16F6O3. The third-order valence-electron chi connectivity index (χ3n) is 3.99. The van der Waals surface area contributed by atoms with E-state index in [1.165, 1.54) is 20.1 Å². The van der Waals surface area contributed by atoms with Crippen molar-refractivity contribution in [2.45, 2.75) is 44.3 Å². The monoisotopic (exact) mass is 382 g/mol. The molecule has 0 bridgehead atoms. The number of carbonyl (C=O) groups is 1. The SMILES string of the molecule is COC(=O)C1=C[C@@H](O[C@H](C)c2cc(C(F)(F)F)cc(C(F)(F)F)c2)CC1. The van der Waals surface area contributed by atoms with E-state index < -0.39 is 41.7 Å². The summed E-state index contributed by atoms with van der Waals surface area (Å²) >= 11 is 0. The number of halogens is 6. The van der Waals surface area contributed by atoms with Gasteiger partial charge >= 0.3 is 18.3 Å². The molecule has 0 aromatic heterocycles. The van der Waals surface area contributed by atoms with E-state index in [1.54, 1.807) is 0 Å². The molecule has 144 valence electrons. The van der Waals surface area contributed by atoms with Crippen molar-refractivity contribution in [3.8, 4) is 0 Å². The van der Waals surface area contributed by atoms with E-state index in [-0.39, 0.29) is 11.6 Å². The van der Waals surface area contributed by atoms with Crippen LogP contribution in [0.3, 0.4) is 0 Å². The average molecular weight is 382 g/mol. The van der Waals surface area contributed by atoms with Crippen molar-refractivity contribution < 1.29 is 40.6 Å². The summed E-state index contributed by atoms with van der Waals surface area (Å²) in [5, 5.41) is 0. The molecule has 1 aromatic rings. The molecule has 0 N–H and O–H groups in total. The molecule has 2 rings (SSSR count). The predicted octanol–water partition coefficient (Wildman–Crippen LogP) is 5.06. The summed E-state index contributed by atoms with van der Waals surface area (Å²) in [6.45, 7) is 1.36. The molecule has 0 saturated heterocycles. The Labute approximate surface area is 145 Å². The Morgan fingerprint density at radius 1 is 1.08 bits per heavy atom. The normalized spacial score (nSPS) is 19.2. The van der Waals surface area contributed by atoms with Crippen LogP contribution in [0.4, 0.5) is 26.3 Å². The Morgan fingerprint density at radius 2 is 1.62 bits per heavy atom. The summed E-state index contributed by atoms with van der Waals surface area (Å²) in [5.74, 6) is -0.540. The Bertz CT molecular complexity index is 673. The minimum atomic E-state index is -4.92. The molecule has 0 saturated carbocycles. The van der Waals surface area contributed by atoms with Gasteiger partial charge in [-0.25, -0.2) is 4.79 Å². The van der Waals surface area contributed by atoms with Crippen LogP contribution in [0.1, 0.15) is 42.6 Å². The standard InChI is InChI=1S/C17H16F6O3/c1-9(26-14-4-3-10(7-14)15(24)25-2)11-5-12(16(18,19)20)8-13(6-11)17(21,22)23/h5-9,14H,3-4H2,1-2H3/t9-,14+/m1/s1. The molecule has 26 heavy (non-hydrogen) atoms. The van der Waals surface area contributed by atoms with E-state index >= 15 is 0 Å². The van der Waals surface area contributed by atoms with Crippen molar-refractivity contribution in [1.82, 2.24) is 0 Å². The third kappa shape index (κ3) is 4.78. The summed E-state index contributed by atoms with van der Waals surface area (Å²) < 4.78 is 87.6.